The van der Waals surface area contributed by atoms with Gasteiger partial charge in [-0.3, -0.25) is 14.5 Å². The number of esters is 1. The number of rotatable bonds is 3. The fourth-order valence-corrected chi connectivity index (χ4v) is 1.66. The third-order valence-corrected chi connectivity index (χ3v) is 2.60. The Labute approximate surface area is 89.8 Å². The predicted octanol–water partition coefficient (Wildman–Crippen LogP) is -0.240. The first kappa shape index (κ1) is 12.0. The van der Waals surface area contributed by atoms with Crippen molar-refractivity contribution in [2.24, 2.45) is 0 Å². The van der Waals surface area contributed by atoms with Gasteiger partial charge in [0, 0.05) is 19.1 Å². The van der Waals surface area contributed by atoms with E-state index in [1.807, 2.05) is 11.8 Å². The number of carbonyl (C=O) groups is 2. The van der Waals surface area contributed by atoms with Gasteiger partial charge in [0.1, 0.15) is 0 Å². The molecule has 0 aromatic carbocycles. The number of methoxy groups -OCH3 is 1. The summed E-state index contributed by atoms with van der Waals surface area (Å²) in [5.41, 5.74) is 0. The minimum Gasteiger partial charge on any atom is -0.469 e. The molecule has 1 aliphatic heterocycles. The van der Waals surface area contributed by atoms with Crippen LogP contribution in [0.25, 0.3) is 0 Å². The van der Waals surface area contributed by atoms with Crippen molar-refractivity contribution in [3.05, 3.63) is 0 Å². The molecule has 1 amide bonds. The largest absolute Gasteiger partial charge is 0.469 e. The van der Waals surface area contributed by atoms with Crippen LogP contribution < -0.4 is 5.32 Å². The quantitative estimate of drug-likeness (QED) is 0.659. The van der Waals surface area contributed by atoms with Gasteiger partial charge in [-0.1, -0.05) is 0 Å². The third-order valence-electron chi connectivity index (χ3n) is 2.60. The summed E-state index contributed by atoms with van der Waals surface area (Å²) in [7, 11) is 1.38. The lowest BCUT2D eigenvalue weighted by Crippen LogP contribution is -2.39. The van der Waals surface area contributed by atoms with Gasteiger partial charge >= 0.3 is 5.97 Å². The Kier molecular flexibility index (Phi) is 4.55. The zero-order chi connectivity index (χ0) is 11.3. The summed E-state index contributed by atoms with van der Waals surface area (Å²) in [4.78, 5) is 24.4. The Balaban J connectivity index is 2.45. The zero-order valence-electron chi connectivity index (χ0n) is 9.28. The molecule has 0 spiro atoms. The molecule has 0 saturated carbocycles. The first-order valence-electron chi connectivity index (χ1n) is 5.21. The second-order valence-electron chi connectivity index (χ2n) is 3.80. The summed E-state index contributed by atoms with van der Waals surface area (Å²) >= 11 is 0. The SMILES string of the molecule is COC(=O)CC(C)N1CCCNC(=O)C1. The van der Waals surface area contributed by atoms with Crippen molar-refractivity contribution in [1.82, 2.24) is 10.2 Å². The minimum absolute atomic E-state index is 0.0317. The molecule has 1 N–H and O–H groups in total. The van der Waals surface area contributed by atoms with Crippen molar-refractivity contribution in [2.75, 3.05) is 26.7 Å². The molecule has 1 fully saturated rings. The summed E-state index contributed by atoms with van der Waals surface area (Å²) in [6, 6.07) is 0.0568. The summed E-state index contributed by atoms with van der Waals surface area (Å²) in [5.74, 6) is -0.198. The Morgan fingerprint density at radius 3 is 3.07 bits per heavy atom. The maximum atomic E-state index is 11.3. The number of hydrogen-bond acceptors (Lipinski definition) is 4. The van der Waals surface area contributed by atoms with Gasteiger partial charge in [-0.15, -0.1) is 0 Å². The van der Waals surface area contributed by atoms with E-state index in [0.717, 1.165) is 19.5 Å². The van der Waals surface area contributed by atoms with E-state index in [1.54, 1.807) is 0 Å². The van der Waals surface area contributed by atoms with Gasteiger partial charge in [-0.2, -0.15) is 0 Å². The molecule has 1 heterocycles. The van der Waals surface area contributed by atoms with Crippen LogP contribution >= 0.6 is 0 Å². The van der Waals surface area contributed by atoms with Crippen LogP contribution in [0.5, 0.6) is 0 Å². The molecule has 0 aromatic heterocycles. The third kappa shape index (κ3) is 3.87. The minimum atomic E-state index is -0.229. The Morgan fingerprint density at radius 1 is 1.67 bits per heavy atom. The van der Waals surface area contributed by atoms with Crippen LogP contribution in [0.15, 0.2) is 0 Å². The molecule has 5 nitrogen and oxygen atoms in total. The van der Waals surface area contributed by atoms with Gasteiger partial charge in [0.25, 0.3) is 0 Å². The molecule has 1 rings (SSSR count). The summed E-state index contributed by atoms with van der Waals surface area (Å²) in [6.45, 7) is 3.88. The van der Waals surface area contributed by atoms with Crippen LogP contribution in [0, 0.1) is 0 Å². The van der Waals surface area contributed by atoms with E-state index >= 15 is 0 Å². The Hall–Kier alpha value is -1.10. The first-order valence-corrected chi connectivity index (χ1v) is 5.21. The van der Waals surface area contributed by atoms with Crippen LogP contribution in [0.3, 0.4) is 0 Å². The molecule has 1 unspecified atom stereocenters. The fraction of sp³-hybridized carbons (Fsp3) is 0.800. The summed E-state index contributed by atoms with van der Waals surface area (Å²) in [5, 5.41) is 2.80. The van der Waals surface area contributed by atoms with Crippen molar-refractivity contribution in [2.45, 2.75) is 25.8 Å². The number of hydrogen-bond donors (Lipinski definition) is 1. The Bertz CT molecular complexity index is 243. The monoisotopic (exact) mass is 214 g/mol. The van der Waals surface area contributed by atoms with Gasteiger partial charge in [-0.05, 0) is 13.3 Å². The highest BCUT2D eigenvalue weighted by Gasteiger charge is 2.21. The average molecular weight is 214 g/mol. The molecule has 1 saturated heterocycles. The molecule has 15 heavy (non-hydrogen) atoms. The Morgan fingerprint density at radius 2 is 2.40 bits per heavy atom. The van der Waals surface area contributed by atoms with Crippen LogP contribution in [0.1, 0.15) is 19.8 Å². The maximum Gasteiger partial charge on any atom is 0.307 e. The van der Waals surface area contributed by atoms with Crippen LogP contribution in [-0.4, -0.2) is 49.6 Å². The highest BCUT2D eigenvalue weighted by Crippen LogP contribution is 2.07. The number of carbonyl (C=O) groups excluding carboxylic acids is 2. The average Bonchev–Trinajstić information content (AvgIpc) is 2.42. The van der Waals surface area contributed by atoms with Crippen LogP contribution in [-0.2, 0) is 14.3 Å². The van der Waals surface area contributed by atoms with Gasteiger partial charge in [0.2, 0.25) is 5.91 Å². The smallest absolute Gasteiger partial charge is 0.307 e. The first-order chi connectivity index (χ1) is 7.13. The number of ether oxygens (including phenoxy) is 1. The lowest BCUT2D eigenvalue weighted by Gasteiger charge is -2.25. The standard InChI is InChI=1S/C10H18N2O3/c1-8(6-10(14)15-2)12-5-3-4-11-9(13)7-12/h8H,3-7H2,1-2H3,(H,11,13). The highest BCUT2D eigenvalue weighted by atomic mass is 16.5. The summed E-state index contributed by atoms with van der Waals surface area (Å²) in [6.07, 6.45) is 1.26. The summed E-state index contributed by atoms with van der Waals surface area (Å²) < 4.78 is 4.60. The molecular weight excluding hydrogens is 196 g/mol. The second-order valence-corrected chi connectivity index (χ2v) is 3.80. The molecule has 5 heteroatoms. The molecule has 86 valence electrons. The van der Waals surface area contributed by atoms with E-state index in [2.05, 4.69) is 10.1 Å². The predicted molar refractivity (Wildman–Crippen MR) is 55.3 cm³/mol. The highest BCUT2D eigenvalue weighted by molar-refractivity contribution is 5.78. The maximum absolute atomic E-state index is 11.3. The zero-order valence-corrected chi connectivity index (χ0v) is 9.28. The van der Waals surface area contributed by atoms with Crippen molar-refractivity contribution < 1.29 is 14.3 Å². The molecular formula is C10H18N2O3. The second kappa shape index (κ2) is 5.70. The van der Waals surface area contributed by atoms with Crippen molar-refractivity contribution in [1.29, 1.82) is 0 Å². The van der Waals surface area contributed by atoms with E-state index in [0.29, 0.717) is 13.0 Å². The molecule has 0 aromatic rings. The number of nitrogens with one attached hydrogen (secondary N) is 1. The van der Waals surface area contributed by atoms with Crippen molar-refractivity contribution >= 4 is 11.9 Å². The van der Waals surface area contributed by atoms with E-state index in [-0.39, 0.29) is 17.9 Å². The lowest BCUT2D eigenvalue weighted by atomic mass is 10.2. The van der Waals surface area contributed by atoms with E-state index in [9.17, 15) is 9.59 Å². The van der Waals surface area contributed by atoms with E-state index in [4.69, 9.17) is 0 Å². The molecule has 0 aliphatic carbocycles. The van der Waals surface area contributed by atoms with Gasteiger partial charge in [-0.25, -0.2) is 0 Å². The van der Waals surface area contributed by atoms with E-state index < -0.39 is 0 Å². The lowest BCUT2D eigenvalue weighted by molar-refractivity contribution is -0.142. The molecule has 0 bridgehead atoms. The van der Waals surface area contributed by atoms with Gasteiger partial charge in [0.15, 0.2) is 0 Å². The number of amides is 1. The topological polar surface area (TPSA) is 58.6 Å². The molecule has 1 atom stereocenters. The number of nitrogens with zero attached hydrogens (tertiary/aromatic N) is 1. The van der Waals surface area contributed by atoms with Crippen LogP contribution in [0.2, 0.25) is 0 Å². The fourth-order valence-electron chi connectivity index (χ4n) is 1.66. The van der Waals surface area contributed by atoms with Crippen molar-refractivity contribution in [3.8, 4) is 0 Å². The molecule has 1 aliphatic rings. The molecule has 0 radical (unpaired) electrons. The van der Waals surface area contributed by atoms with Gasteiger partial charge in [0.05, 0.1) is 20.1 Å². The van der Waals surface area contributed by atoms with Crippen LogP contribution in [0.4, 0.5) is 0 Å². The van der Waals surface area contributed by atoms with E-state index in [1.165, 1.54) is 7.11 Å². The normalized spacial score (nSPS) is 20.3. The van der Waals surface area contributed by atoms with Crippen molar-refractivity contribution in [3.63, 3.8) is 0 Å². The van der Waals surface area contributed by atoms with Gasteiger partial charge < -0.3 is 10.1 Å².